The minimum Gasteiger partial charge on any atom is -0.477 e. The zero-order valence-corrected chi connectivity index (χ0v) is 14.4. The van der Waals surface area contributed by atoms with Gasteiger partial charge in [0.05, 0.1) is 16.8 Å². The van der Waals surface area contributed by atoms with Crippen molar-refractivity contribution in [2.45, 2.75) is 39.5 Å². The number of carbonyl (C=O) groups is 2. The standard InChI is InChI=1S/C17H20N2O3S/c1-9(2)12-7-14(23-15(12)10(3)4)16(20)19-11-5-6-13(17(21)22)18-8-11/h5-10H,1-4H3,(H,19,20)(H,21,22). The molecule has 0 atom stereocenters. The fraction of sp³-hybridized carbons (Fsp3) is 0.353. The molecule has 122 valence electrons. The predicted octanol–water partition coefficient (Wildman–Crippen LogP) is 4.34. The maximum absolute atomic E-state index is 12.4. The van der Waals surface area contributed by atoms with E-state index >= 15 is 0 Å². The van der Waals surface area contributed by atoms with Crippen LogP contribution in [0.25, 0.3) is 0 Å². The molecule has 2 heterocycles. The van der Waals surface area contributed by atoms with Crippen molar-refractivity contribution in [2.24, 2.45) is 0 Å². The Balaban J connectivity index is 2.20. The van der Waals surface area contributed by atoms with Crippen LogP contribution in [0.5, 0.6) is 0 Å². The van der Waals surface area contributed by atoms with E-state index in [2.05, 4.69) is 38.0 Å². The maximum atomic E-state index is 12.4. The summed E-state index contributed by atoms with van der Waals surface area (Å²) in [6.07, 6.45) is 1.35. The normalized spacial score (nSPS) is 11.0. The van der Waals surface area contributed by atoms with Crippen LogP contribution < -0.4 is 5.32 Å². The minimum absolute atomic E-state index is 0.0525. The molecule has 0 aliphatic carbocycles. The van der Waals surface area contributed by atoms with Gasteiger partial charge in [-0.05, 0) is 35.6 Å². The molecular weight excluding hydrogens is 312 g/mol. The van der Waals surface area contributed by atoms with Crippen molar-refractivity contribution in [3.8, 4) is 0 Å². The molecule has 0 unspecified atom stereocenters. The minimum atomic E-state index is -1.09. The molecule has 0 aliphatic heterocycles. The number of carbonyl (C=O) groups excluding carboxylic acids is 1. The van der Waals surface area contributed by atoms with Gasteiger partial charge >= 0.3 is 5.97 Å². The summed E-state index contributed by atoms with van der Waals surface area (Å²) in [5.41, 5.74) is 1.63. The summed E-state index contributed by atoms with van der Waals surface area (Å²) >= 11 is 1.50. The number of rotatable bonds is 5. The van der Waals surface area contributed by atoms with Crippen molar-refractivity contribution >= 4 is 28.9 Å². The molecule has 0 spiro atoms. The molecular formula is C17H20N2O3S. The molecule has 2 rings (SSSR count). The number of thiophene rings is 1. The highest BCUT2D eigenvalue weighted by Gasteiger charge is 2.18. The number of anilines is 1. The Kier molecular flexibility index (Phi) is 5.15. The summed E-state index contributed by atoms with van der Waals surface area (Å²) in [5.74, 6) is -0.560. The summed E-state index contributed by atoms with van der Waals surface area (Å²) in [7, 11) is 0. The van der Waals surface area contributed by atoms with Crippen LogP contribution in [0.4, 0.5) is 5.69 Å². The van der Waals surface area contributed by atoms with E-state index in [1.807, 2.05) is 6.07 Å². The number of hydrogen-bond donors (Lipinski definition) is 2. The van der Waals surface area contributed by atoms with Crippen molar-refractivity contribution in [1.82, 2.24) is 4.98 Å². The molecule has 0 radical (unpaired) electrons. The molecule has 5 nitrogen and oxygen atoms in total. The molecule has 23 heavy (non-hydrogen) atoms. The molecule has 2 aromatic rings. The zero-order chi connectivity index (χ0) is 17.1. The maximum Gasteiger partial charge on any atom is 0.354 e. The van der Waals surface area contributed by atoms with E-state index in [-0.39, 0.29) is 11.6 Å². The lowest BCUT2D eigenvalue weighted by molar-refractivity contribution is 0.0690. The number of amides is 1. The van der Waals surface area contributed by atoms with Crippen molar-refractivity contribution < 1.29 is 14.7 Å². The quantitative estimate of drug-likeness (QED) is 0.853. The second kappa shape index (κ2) is 6.91. The third-order valence-electron chi connectivity index (χ3n) is 3.40. The topological polar surface area (TPSA) is 79.3 Å². The lowest BCUT2D eigenvalue weighted by Gasteiger charge is -2.08. The third-order valence-corrected chi connectivity index (χ3v) is 4.85. The van der Waals surface area contributed by atoms with Crippen LogP contribution in [0.3, 0.4) is 0 Å². The Morgan fingerprint density at radius 1 is 1.17 bits per heavy atom. The Hall–Kier alpha value is -2.21. The molecule has 0 bridgehead atoms. The molecule has 6 heteroatoms. The lowest BCUT2D eigenvalue weighted by atomic mass is 9.99. The van der Waals surface area contributed by atoms with E-state index < -0.39 is 5.97 Å². The second-order valence-electron chi connectivity index (χ2n) is 5.93. The number of carboxylic acid groups (broad SMARTS) is 1. The number of hydrogen-bond acceptors (Lipinski definition) is 4. The zero-order valence-electron chi connectivity index (χ0n) is 13.6. The summed E-state index contributed by atoms with van der Waals surface area (Å²) in [4.78, 5) is 28.8. The smallest absolute Gasteiger partial charge is 0.354 e. The van der Waals surface area contributed by atoms with Gasteiger partial charge in [-0.25, -0.2) is 9.78 Å². The van der Waals surface area contributed by atoms with Crippen LogP contribution in [-0.2, 0) is 0 Å². The van der Waals surface area contributed by atoms with Gasteiger partial charge in [-0.1, -0.05) is 27.7 Å². The molecule has 0 aromatic carbocycles. The summed E-state index contributed by atoms with van der Waals surface area (Å²) in [6, 6.07) is 4.85. The van der Waals surface area contributed by atoms with Crippen molar-refractivity contribution in [2.75, 3.05) is 5.32 Å². The molecule has 0 saturated heterocycles. The first-order chi connectivity index (χ1) is 10.8. The molecule has 2 aromatic heterocycles. The fourth-order valence-corrected chi connectivity index (χ4v) is 3.44. The number of nitrogens with zero attached hydrogens (tertiary/aromatic N) is 1. The summed E-state index contributed by atoms with van der Waals surface area (Å²) in [5, 5.41) is 11.6. The highest BCUT2D eigenvalue weighted by Crippen LogP contribution is 2.34. The molecule has 2 N–H and O–H groups in total. The van der Waals surface area contributed by atoms with Crippen LogP contribution >= 0.6 is 11.3 Å². The van der Waals surface area contributed by atoms with E-state index in [0.717, 1.165) is 0 Å². The number of aromatic nitrogens is 1. The van der Waals surface area contributed by atoms with Crippen molar-refractivity contribution in [1.29, 1.82) is 0 Å². The van der Waals surface area contributed by atoms with Crippen LogP contribution in [0, 0.1) is 0 Å². The average Bonchev–Trinajstić information content (AvgIpc) is 2.93. The first-order valence-electron chi connectivity index (χ1n) is 7.44. The first-order valence-corrected chi connectivity index (χ1v) is 8.25. The molecule has 0 fully saturated rings. The van der Waals surface area contributed by atoms with Crippen LogP contribution in [0.1, 0.15) is 70.1 Å². The monoisotopic (exact) mass is 332 g/mol. The van der Waals surface area contributed by atoms with Crippen LogP contribution in [0.2, 0.25) is 0 Å². The highest BCUT2D eigenvalue weighted by atomic mass is 32.1. The molecule has 0 aliphatic rings. The largest absolute Gasteiger partial charge is 0.477 e. The second-order valence-corrected chi connectivity index (χ2v) is 7.01. The predicted molar refractivity (Wildman–Crippen MR) is 91.6 cm³/mol. The number of nitrogens with one attached hydrogen (secondary N) is 1. The summed E-state index contributed by atoms with van der Waals surface area (Å²) in [6.45, 7) is 8.47. The van der Waals surface area contributed by atoms with E-state index in [1.165, 1.54) is 40.1 Å². The molecule has 1 amide bonds. The third kappa shape index (κ3) is 3.96. The van der Waals surface area contributed by atoms with Gasteiger partial charge in [-0.15, -0.1) is 11.3 Å². The Bertz CT molecular complexity index is 692. The SMILES string of the molecule is CC(C)c1cc(C(=O)Nc2ccc(C(=O)O)nc2)sc1C(C)C. The van der Waals surface area contributed by atoms with Gasteiger partial charge in [0, 0.05) is 4.88 Å². The van der Waals surface area contributed by atoms with Crippen molar-refractivity contribution in [3.63, 3.8) is 0 Å². The average molecular weight is 332 g/mol. The number of carboxylic acids is 1. The van der Waals surface area contributed by atoms with E-state index in [9.17, 15) is 9.59 Å². The molecule has 0 saturated carbocycles. The van der Waals surface area contributed by atoms with E-state index in [0.29, 0.717) is 22.4 Å². The number of aromatic carboxylic acids is 1. The van der Waals surface area contributed by atoms with Crippen LogP contribution in [-0.4, -0.2) is 22.0 Å². The van der Waals surface area contributed by atoms with E-state index in [4.69, 9.17) is 5.11 Å². The first kappa shape index (κ1) is 17.1. The fourth-order valence-electron chi connectivity index (χ4n) is 2.22. The van der Waals surface area contributed by atoms with Gasteiger partial charge in [0.25, 0.3) is 5.91 Å². The van der Waals surface area contributed by atoms with Gasteiger partial charge in [-0.3, -0.25) is 4.79 Å². The van der Waals surface area contributed by atoms with Gasteiger partial charge in [0.2, 0.25) is 0 Å². The van der Waals surface area contributed by atoms with Crippen LogP contribution in [0.15, 0.2) is 24.4 Å². The van der Waals surface area contributed by atoms with Gasteiger partial charge in [0.1, 0.15) is 5.69 Å². The van der Waals surface area contributed by atoms with Gasteiger partial charge < -0.3 is 10.4 Å². The van der Waals surface area contributed by atoms with Gasteiger partial charge in [0.15, 0.2) is 0 Å². The lowest BCUT2D eigenvalue weighted by Crippen LogP contribution is -2.11. The van der Waals surface area contributed by atoms with Gasteiger partial charge in [-0.2, -0.15) is 0 Å². The Labute approximate surface area is 139 Å². The summed E-state index contributed by atoms with van der Waals surface area (Å²) < 4.78 is 0. The Morgan fingerprint density at radius 2 is 1.87 bits per heavy atom. The Morgan fingerprint density at radius 3 is 2.30 bits per heavy atom. The van der Waals surface area contributed by atoms with Crippen molar-refractivity contribution in [3.05, 3.63) is 45.4 Å². The highest BCUT2D eigenvalue weighted by molar-refractivity contribution is 7.14. The van der Waals surface area contributed by atoms with E-state index in [1.54, 1.807) is 0 Å². The number of pyridine rings is 1.